The number of carbonyl (C=O) groups excluding carboxylic acids is 1. The summed E-state index contributed by atoms with van der Waals surface area (Å²) in [5.74, 6) is -5.25. The van der Waals surface area contributed by atoms with E-state index in [1.165, 1.54) is 0 Å². The van der Waals surface area contributed by atoms with Gasteiger partial charge in [0.15, 0.2) is 5.83 Å². The molecule has 0 rings (SSSR count). The molecule has 0 N–H and O–H groups in total. The maximum atomic E-state index is 13.3. The minimum Gasteiger partial charge on any atom is -0.418 e. The Morgan fingerprint density at radius 2 is 2.08 bits per heavy atom. The van der Waals surface area contributed by atoms with Gasteiger partial charge in [0.1, 0.15) is 0 Å². The first-order chi connectivity index (χ1) is 5.96. The van der Waals surface area contributed by atoms with Gasteiger partial charge in [-0.25, -0.2) is 9.18 Å². The first-order valence-electron chi connectivity index (χ1n) is 3.46. The minimum atomic E-state index is -2.83. The molecule has 0 aliphatic rings. The molecule has 72 valence electrons. The van der Waals surface area contributed by atoms with Gasteiger partial charge >= 0.3 is 11.8 Å². The lowest BCUT2D eigenvalue weighted by atomic mass is 10.2. The highest BCUT2D eigenvalue weighted by atomic mass is 19.2. The molecular weight excluding hydrogens is 178 g/mol. The second-order valence-electron chi connectivity index (χ2n) is 2.25. The summed E-state index contributed by atoms with van der Waals surface area (Å²) in [7, 11) is 0. The number of hydrogen-bond acceptors (Lipinski definition) is 2. The Bertz CT molecular complexity index is 248. The number of rotatable bonds is 5. The normalized spacial score (nSPS) is 14.0. The highest BCUT2D eigenvalue weighted by molar-refractivity contribution is 5.81. The molecule has 0 aliphatic carbocycles. The van der Waals surface area contributed by atoms with Crippen LogP contribution in [0.3, 0.4) is 0 Å². The molecule has 0 aromatic carbocycles. The van der Waals surface area contributed by atoms with Crippen molar-refractivity contribution in [3.05, 3.63) is 37.7 Å². The number of alkyl halides is 1. The fraction of sp³-hybridized carbons (Fsp3) is 0.222. The van der Waals surface area contributed by atoms with Crippen molar-refractivity contribution >= 4 is 5.97 Å². The van der Waals surface area contributed by atoms with Crippen LogP contribution in [-0.4, -0.2) is 11.8 Å². The van der Waals surface area contributed by atoms with E-state index >= 15 is 0 Å². The number of hydrogen-bond donors (Lipinski definition) is 0. The molecule has 0 heterocycles. The summed E-state index contributed by atoms with van der Waals surface area (Å²) in [4.78, 5) is 10.6. The van der Waals surface area contributed by atoms with Gasteiger partial charge in [-0.2, -0.15) is 4.39 Å². The molecule has 0 aromatic heterocycles. The van der Waals surface area contributed by atoms with Crippen LogP contribution >= 0.6 is 0 Å². The Morgan fingerprint density at radius 1 is 1.54 bits per heavy atom. The molecule has 0 saturated carbocycles. The van der Waals surface area contributed by atoms with E-state index in [1.807, 2.05) is 0 Å². The monoisotopic (exact) mass is 188 g/mol. The summed E-state index contributed by atoms with van der Waals surface area (Å²) in [6.07, 6.45) is 1.34. The molecular formula is C9H10F2O2. The van der Waals surface area contributed by atoms with Crippen molar-refractivity contribution in [2.45, 2.75) is 12.3 Å². The van der Waals surface area contributed by atoms with Crippen LogP contribution in [-0.2, 0) is 9.53 Å². The molecule has 13 heavy (non-hydrogen) atoms. The van der Waals surface area contributed by atoms with Crippen LogP contribution in [0.15, 0.2) is 37.7 Å². The van der Waals surface area contributed by atoms with Crippen LogP contribution in [0.1, 0.15) is 6.42 Å². The molecule has 1 unspecified atom stereocenters. The van der Waals surface area contributed by atoms with Crippen LogP contribution in [0.2, 0.25) is 0 Å². The smallest absolute Gasteiger partial charge is 0.333 e. The predicted molar refractivity (Wildman–Crippen MR) is 45.2 cm³/mol. The summed E-state index contributed by atoms with van der Waals surface area (Å²) in [5.41, 5.74) is 0. The first kappa shape index (κ1) is 11.6. The molecule has 0 bridgehead atoms. The lowest BCUT2D eigenvalue weighted by Gasteiger charge is -2.20. The number of ether oxygens (including phenoxy) is 1. The van der Waals surface area contributed by atoms with Gasteiger partial charge in [-0.3, -0.25) is 0 Å². The van der Waals surface area contributed by atoms with Gasteiger partial charge in [0, 0.05) is 12.5 Å². The lowest BCUT2D eigenvalue weighted by Crippen LogP contribution is -2.29. The SMILES string of the molecule is C=CCC(F)(OC(=O)C=C)C(=C)F. The van der Waals surface area contributed by atoms with Crippen molar-refractivity contribution in [3.63, 3.8) is 0 Å². The molecule has 0 amide bonds. The third kappa shape index (κ3) is 3.19. The molecule has 0 spiro atoms. The Labute approximate surface area is 75.2 Å². The topological polar surface area (TPSA) is 26.3 Å². The minimum absolute atomic E-state index is 0.484. The largest absolute Gasteiger partial charge is 0.418 e. The van der Waals surface area contributed by atoms with E-state index in [9.17, 15) is 13.6 Å². The molecule has 0 radical (unpaired) electrons. The summed E-state index contributed by atoms with van der Waals surface area (Å²) < 4.78 is 29.9. The fourth-order valence-corrected chi connectivity index (χ4v) is 0.595. The molecule has 2 nitrogen and oxygen atoms in total. The molecule has 0 aliphatic heterocycles. The number of esters is 1. The van der Waals surface area contributed by atoms with E-state index in [4.69, 9.17) is 0 Å². The second-order valence-corrected chi connectivity index (χ2v) is 2.25. The van der Waals surface area contributed by atoms with Crippen LogP contribution < -0.4 is 0 Å². The van der Waals surface area contributed by atoms with Crippen molar-refractivity contribution in [1.82, 2.24) is 0 Å². The van der Waals surface area contributed by atoms with E-state index in [-0.39, 0.29) is 0 Å². The van der Waals surface area contributed by atoms with Crippen molar-refractivity contribution in [3.8, 4) is 0 Å². The Hall–Kier alpha value is -1.45. The summed E-state index contributed by atoms with van der Waals surface area (Å²) in [6, 6.07) is 0. The van der Waals surface area contributed by atoms with Gasteiger partial charge in [-0.1, -0.05) is 19.2 Å². The van der Waals surface area contributed by atoms with Crippen molar-refractivity contribution in [2.24, 2.45) is 0 Å². The highest BCUT2D eigenvalue weighted by Gasteiger charge is 2.36. The number of halogens is 2. The third-order valence-electron chi connectivity index (χ3n) is 1.24. The van der Waals surface area contributed by atoms with Gasteiger partial charge in [0.25, 0.3) is 0 Å². The Kier molecular flexibility index (Phi) is 4.04. The zero-order valence-corrected chi connectivity index (χ0v) is 7.06. The van der Waals surface area contributed by atoms with E-state index in [0.29, 0.717) is 0 Å². The Morgan fingerprint density at radius 3 is 2.38 bits per heavy atom. The number of carbonyl (C=O) groups is 1. The molecule has 4 heteroatoms. The van der Waals surface area contributed by atoms with Crippen LogP contribution in [0.25, 0.3) is 0 Å². The van der Waals surface area contributed by atoms with Crippen molar-refractivity contribution in [2.75, 3.05) is 0 Å². The third-order valence-corrected chi connectivity index (χ3v) is 1.24. The van der Waals surface area contributed by atoms with Crippen LogP contribution in [0, 0.1) is 0 Å². The summed E-state index contributed by atoms with van der Waals surface area (Å²) >= 11 is 0. The highest BCUT2D eigenvalue weighted by Crippen LogP contribution is 2.28. The van der Waals surface area contributed by atoms with Gasteiger partial charge in [-0.15, -0.1) is 6.58 Å². The van der Waals surface area contributed by atoms with E-state index < -0.39 is 24.1 Å². The quantitative estimate of drug-likeness (QED) is 0.376. The zero-order chi connectivity index (χ0) is 10.5. The summed E-state index contributed by atoms with van der Waals surface area (Å²) in [6.45, 7) is 8.97. The average molecular weight is 188 g/mol. The lowest BCUT2D eigenvalue weighted by molar-refractivity contribution is -0.169. The molecule has 0 fully saturated rings. The zero-order valence-electron chi connectivity index (χ0n) is 7.06. The van der Waals surface area contributed by atoms with E-state index in [2.05, 4.69) is 24.5 Å². The first-order valence-corrected chi connectivity index (χ1v) is 3.46. The maximum absolute atomic E-state index is 13.3. The van der Waals surface area contributed by atoms with E-state index in [0.717, 1.165) is 12.2 Å². The van der Waals surface area contributed by atoms with Crippen molar-refractivity contribution < 1.29 is 18.3 Å². The summed E-state index contributed by atoms with van der Waals surface area (Å²) in [5, 5.41) is 0. The Balaban J connectivity index is 4.58. The fourth-order valence-electron chi connectivity index (χ4n) is 0.595. The average Bonchev–Trinajstić information content (AvgIpc) is 2.04. The molecule has 0 aromatic rings. The van der Waals surface area contributed by atoms with E-state index in [1.54, 1.807) is 0 Å². The second kappa shape index (κ2) is 4.54. The van der Waals surface area contributed by atoms with Gasteiger partial charge < -0.3 is 4.74 Å². The maximum Gasteiger partial charge on any atom is 0.333 e. The van der Waals surface area contributed by atoms with Gasteiger partial charge in [0.05, 0.1) is 0 Å². The van der Waals surface area contributed by atoms with Gasteiger partial charge in [0.2, 0.25) is 0 Å². The van der Waals surface area contributed by atoms with Gasteiger partial charge in [-0.05, 0) is 0 Å². The van der Waals surface area contributed by atoms with Crippen molar-refractivity contribution in [1.29, 1.82) is 0 Å². The predicted octanol–water partition coefficient (Wildman–Crippen LogP) is 2.44. The van der Waals surface area contributed by atoms with Crippen LogP contribution in [0.5, 0.6) is 0 Å². The molecule has 1 atom stereocenters. The molecule has 0 saturated heterocycles. The standard InChI is InChI=1S/C9H10F2O2/c1-4-6-9(11,7(3)10)13-8(12)5-2/h4-5H,1-3,6H2. The van der Waals surface area contributed by atoms with Crippen LogP contribution in [0.4, 0.5) is 8.78 Å².